The van der Waals surface area contributed by atoms with E-state index in [2.05, 4.69) is 79.3 Å². The van der Waals surface area contributed by atoms with E-state index in [1.807, 2.05) is 4.40 Å². The average Bonchev–Trinajstić information content (AvgIpc) is 3.31. The van der Waals surface area contributed by atoms with Crippen molar-refractivity contribution >= 4 is 17.7 Å². The first kappa shape index (κ1) is 17.2. The van der Waals surface area contributed by atoms with Gasteiger partial charge in [0.15, 0.2) is 0 Å². The van der Waals surface area contributed by atoms with E-state index in [0.29, 0.717) is 0 Å². The van der Waals surface area contributed by atoms with Gasteiger partial charge in [0.2, 0.25) is 0 Å². The normalized spacial score (nSPS) is 17.4. The van der Waals surface area contributed by atoms with Gasteiger partial charge in [-0.2, -0.15) is 0 Å². The van der Waals surface area contributed by atoms with E-state index in [1.54, 1.807) is 21.3 Å². The number of hydrogen-bond acceptors (Lipinski definition) is 0. The van der Waals surface area contributed by atoms with Gasteiger partial charge in [0.25, 0.3) is 0 Å². The molecule has 0 N–H and O–H groups in total. The van der Waals surface area contributed by atoms with Crippen molar-refractivity contribution in [2.75, 3.05) is 0 Å². The molecule has 1 aromatic heterocycles. The van der Waals surface area contributed by atoms with Crippen molar-refractivity contribution in [1.82, 2.24) is 0 Å². The Morgan fingerprint density at radius 1 is 0.852 bits per heavy atom. The van der Waals surface area contributed by atoms with E-state index in [0.717, 1.165) is 0 Å². The van der Waals surface area contributed by atoms with Crippen LogP contribution in [0, 0.1) is 6.92 Å². The molecule has 27 heavy (non-hydrogen) atoms. The zero-order valence-corrected chi connectivity index (χ0v) is 18.6. The fourth-order valence-corrected chi connectivity index (χ4v) is 17.0. The van der Waals surface area contributed by atoms with Crippen LogP contribution in [0.5, 0.6) is 0 Å². The van der Waals surface area contributed by atoms with Gasteiger partial charge in [-0.1, -0.05) is 0 Å². The first-order chi connectivity index (χ1) is 13.2. The third-order valence-electron chi connectivity index (χ3n) is 6.99. The van der Waals surface area contributed by atoms with Gasteiger partial charge < -0.3 is 0 Å². The van der Waals surface area contributed by atoms with Crippen LogP contribution in [-0.2, 0) is 13.5 Å². The number of fused-ring (bicyclic) bond motifs is 2. The predicted molar refractivity (Wildman–Crippen MR) is 116 cm³/mol. The summed E-state index contributed by atoms with van der Waals surface area (Å²) in [5.41, 5.74) is 8.39. The second-order valence-electron chi connectivity index (χ2n) is 8.59. The maximum atomic E-state index is 2.54. The molecule has 3 aromatic rings. The van der Waals surface area contributed by atoms with Crippen molar-refractivity contribution in [2.24, 2.45) is 7.05 Å². The van der Waals surface area contributed by atoms with Gasteiger partial charge >= 0.3 is 166 Å². The van der Waals surface area contributed by atoms with E-state index in [9.17, 15) is 0 Å². The summed E-state index contributed by atoms with van der Waals surface area (Å²) in [4.78, 5) is 0. The standard InChI is InChI=1S/C25H28GeN/c1-19-10-11-21(20-8-4-3-5-9-20)16-23(19)25-17-22-12-15-26(13-6-7-14-26)24(22)18-27(25)2/h3-5,8-11,16-18H,6-7,12-15H2,1-2H3/q+1. The van der Waals surface area contributed by atoms with Crippen molar-refractivity contribution in [3.63, 3.8) is 0 Å². The van der Waals surface area contributed by atoms with Gasteiger partial charge in [0.1, 0.15) is 0 Å². The Hall–Kier alpha value is -1.87. The van der Waals surface area contributed by atoms with Crippen LogP contribution in [0.2, 0.25) is 15.8 Å². The van der Waals surface area contributed by atoms with Crippen molar-refractivity contribution in [3.05, 3.63) is 71.9 Å². The topological polar surface area (TPSA) is 3.88 Å². The van der Waals surface area contributed by atoms with Crippen LogP contribution in [-0.4, -0.2) is 13.3 Å². The molecule has 0 unspecified atom stereocenters. The fourth-order valence-electron chi connectivity index (χ4n) is 5.43. The van der Waals surface area contributed by atoms with Gasteiger partial charge in [-0.3, -0.25) is 0 Å². The van der Waals surface area contributed by atoms with Crippen LogP contribution in [0.4, 0.5) is 0 Å². The zero-order valence-electron chi connectivity index (χ0n) is 16.5. The second-order valence-corrected chi connectivity index (χ2v) is 18.2. The monoisotopic (exact) mass is 416 g/mol. The molecule has 1 fully saturated rings. The first-order valence-corrected chi connectivity index (χ1v) is 15.9. The van der Waals surface area contributed by atoms with Crippen LogP contribution in [0.1, 0.15) is 24.0 Å². The molecule has 2 aromatic carbocycles. The molecule has 1 saturated heterocycles. The summed E-state index contributed by atoms with van der Waals surface area (Å²) in [6.45, 7) is 2.24. The van der Waals surface area contributed by atoms with Gasteiger partial charge in [-0.25, -0.2) is 0 Å². The summed E-state index contributed by atoms with van der Waals surface area (Å²) < 4.78 is 4.25. The molecule has 0 bridgehead atoms. The van der Waals surface area contributed by atoms with Gasteiger partial charge in [0.05, 0.1) is 0 Å². The number of pyridine rings is 1. The van der Waals surface area contributed by atoms with Gasteiger partial charge in [0, 0.05) is 0 Å². The SMILES string of the molecule is Cc1ccc(-c2ccccc2)cc1-c1cc2[c](c[n+]1C)[Ge]1([CH2]CC[CH2]1)[CH2]C2. The Morgan fingerprint density at radius 3 is 2.41 bits per heavy atom. The average molecular weight is 415 g/mol. The summed E-state index contributed by atoms with van der Waals surface area (Å²) in [5, 5.41) is 4.70. The molecule has 5 rings (SSSR count). The quantitative estimate of drug-likeness (QED) is 0.402. The van der Waals surface area contributed by atoms with Crippen LogP contribution in [0.3, 0.4) is 0 Å². The minimum absolute atomic E-state index is 1.29. The molecule has 0 saturated carbocycles. The summed E-state index contributed by atoms with van der Waals surface area (Å²) in [7, 11) is 2.26. The molecule has 2 heteroatoms. The fraction of sp³-hybridized carbons (Fsp3) is 0.320. The zero-order chi connectivity index (χ0) is 18.4. The first-order valence-electron chi connectivity index (χ1n) is 10.4. The summed E-state index contributed by atoms with van der Waals surface area (Å²) in [6.07, 6.45) is 6.85. The third kappa shape index (κ3) is 2.87. The van der Waals surface area contributed by atoms with E-state index < -0.39 is 13.3 Å². The second kappa shape index (κ2) is 6.63. The van der Waals surface area contributed by atoms with Crippen LogP contribution in [0.25, 0.3) is 22.4 Å². The van der Waals surface area contributed by atoms with Gasteiger partial charge in [-0.15, -0.1) is 0 Å². The van der Waals surface area contributed by atoms with Crippen LogP contribution >= 0.6 is 0 Å². The van der Waals surface area contributed by atoms with Crippen molar-refractivity contribution in [1.29, 1.82) is 0 Å². The predicted octanol–water partition coefficient (Wildman–Crippen LogP) is 5.16. The molecule has 3 heterocycles. The van der Waals surface area contributed by atoms with E-state index in [4.69, 9.17) is 0 Å². The third-order valence-corrected chi connectivity index (χ3v) is 18.4. The number of nitrogens with zero attached hydrogens (tertiary/aromatic N) is 1. The van der Waals surface area contributed by atoms with Crippen molar-refractivity contribution in [2.45, 2.75) is 41.9 Å². The number of aromatic nitrogens is 1. The number of rotatable bonds is 2. The molecule has 2 aliphatic rings. The van der Waals surface area contributed by atoms with Crippen molar-refractivity contribution < 1.29 is 4.57 Å². The van der Waals surface area contributed by atoms with E-state index in [-0.39, 0.29) is 0 Å². The van der Waals surface area contributed by atoms with Crippen LogP contribution < -0.4 is 8.96 Å². The minimum atomic E-state index is -1.72. The van der Waals surface area contributed by atoms with E-state index >= 15 is 0 Å². The summed E-state index contributed by atoms with van der Waals surface area (Å²) in [6, 6.07) is 20.2. The molecule has 0 atom stereocenters. The van der Waals surface area contributed by atoms with E-state index in [1.165, 1.54) is 47.2 Å². The molecular weight excluding hydrogens is 387 g/mol. The molecular formula is C25H28GeN+. The molecule has 136 valence electrons. The van der Waals surface area contributed by atoms with Crippen molar-refractivity contribution in [3.8, 4) is 22.4 Å². The van der Waals surface area contributed by atoms with Gasteiger partial charge in [-0.05, 0) is 0 Å². The molecule has 0 amide bonds. The Bertz CT molecular complexity index is 1000. The Balaban J connectivity index is 1.62. The number of hydrogen-bond donors (Lipinski definition) is 0. The summed E-state index contributed by atoms with van der Waals surface area (Å²) >= 11 is -1.72. The molecule has 0 aliphatic carbocycles. The maximum absolute atomic E-state index is 2.54. The number of benzene rings is 2. The van der Waals surface area contributed by atoms with Crippen LogP contribution in [0.15, 0.2) is 60.8 Å². The Morgan fingerprint density at radius 2 is 1.63 bits per heavy atom. The molecule has 1 nitrogen and oxygen atoms in total. The summed E-state index contributed by atoms with van der Waals surface area (Å²) in [5.74, 6) is 0. The Kier molecular flexibility index (Phi) is 4.24. The Labute approximate surface area is 165 Å². The number of aryl methyl sites for hydroxylation is 3. The molecule has 2 aliphatic heterocycles. The molecule has 1 spiro atoms. The molecule has 0 radical (unpaired) electrons.